The maximum absolute atomic E-state index is 13.5. The van der Waals surface area contributed by atoms with E-state index in [4.69, 9.17) is 9.47 Å². The summed E-state index contributed by atoms with van der Waals surface area (Å²) in [6.07, 6.45) is 12.0. The third kappa shape index (κ3) is 3.25. The molecule has 5 rings (SSSR count). The number of rotatable bonds is 6. The van der Waals surface area contributed by atoms with Crippen LogP contribution in [0.4, 0.5) is 0 Å². The lowest BCUT2D eigenvalue weighted by Crippen LogP contribution is -2.57. The maximum atomic E-state index is 13.5. The number of carbonyl (C=O) groups is 2. The van der Waals surface area contributed by atoms with E-state index in [1.165, 1.54) is 51.9 Å². The van der Waals surface area contributed by atoms with Gasteiger partial charge in [0.25, 0.3) is 0 Å². The minimum atomic E-state index is -0.636. The van der Waals surface area contributed by atoms with Crippen molar-refractivity contribution < 1.29 is 19.1 Å². The molecule has 1 saturated heterocycles. The van der Waals surface area contributed by atoms with Crippen molar-refractivity contribution in [3.05, 3.63) is 0 Å². The van der Waals surface area contributed by atoms with Gasteiger partial charge in [0.1, 0.15) is 11.7 Å². The van der Waals surface area contributed by atoms with Crippen molar-refractivity contribution in [2.24, 2.45) is 40.9 Å². The van der Waals surface area contributed by atoms with Crippen LogP contribution in [0.25, 0.3) is 0 Å². The van der Waals surface area contributed by atoms with Crippen LogP contribution in [0.2, 0.25) is 0 Å². The van der Waals surface area contributed by atoms with E-state index >= 15 is 0 Å². The Morgan fingerprint density at radius 2 is 1.88 bits per heavy atom. The first-order valence-electron chi connectivity index (χ1n) is 13.5. The van der Waals surface area contributed by atoms with Crippen LogP contribution >= 0.6 is 0 Å². The maximum Gasteiger partial charge on any atom is 0.302 e. The van der Waals surface area contributed by atoms with Crippen molar-refractivity contribution >= 4 is 11.8 Å². The molecule has 0 aromatic rings. The first kappa shape index (κ1) is 22.9. The Morgan fingerprint density at radius 3 is 2.59 bits per heavy atom. The van der Waals surface area contributed by atoms with Crippen LogP contribution < -0.4 is 0 Å². The molecule has 5 fully saturated rings. The number of esters is 1. The fraction of sp³-hybridized carbons (Fsp3) is 0.929. The quantitative estimate of drug-likeness (QED) is 0.367. The molecule has 32 heavy (non-hydrogen) atoms. The second-order valence-corrected chi connectivity index (χ2v) is 12.8. The van der Waals surface area contributed by atoms with Crippen molar-refractivity contribution in [2.45, 2.75) is 123 Å². The summed E-state index contributed by atoms with van der Waals surface area (Å²) >= 11 is 0. The lowest BCUT2D eigenvalue weighted by atomic mass is 9.48. The second-order valence-electron chi connectivity index (χ2n) is 12.8. The summed E-state index contributed by atoms with van der Waals surface area (Å²) in [5.41, 5.74) is -0.493. The van der Waals surface area contributed by atoms with Crippen LogP contribution in [0.5, 0.6) is 0 Å². The van der Waals surface area contributed by atoms with Crippen molar-refractivity contribution in [1.82, 2.24) is 0 Å². The Hall–Kier alpha value is -0.900. The molecular weight excluding hydrogens is 400 g/mol. The van der Waals surface area contributed by atoms with Crippen molar-refractivity contribution in [3.63, 3.8) is 0 Å². The van der Waals surface area contributed by atoms with Gasteiger partial charge in [-0.05, 0) is 79.4 Å². The predicted molar refractivity (Wildman–Crippen MR) is 124 cm³/mol. The van der Waals surface area contributed by atoms with E-state index in [9.17, 15) is 9.59 Å². The van der Waals surface area contributed by atoms with Gasteiger partial charge < -0.3 is 9.47 Å². The van der Waals surface area contributed by atoms with Crippen LogP contribution in [0.3, 0.4) is 0 Å². The Morgan fingerprint density at radius 1 is 1.09 bits per heavy atom. The lowest BCUT2D eigenvalue weighted by molar-refractivity contribution is -0.151. The molecule has 0 aromatic carbocycles. The number of ketones is 1. The van der Waals surface area contributed by atoms with Crippen LogP contribution in [-0.2, 0) is 19.1 Å². The van der Waals surface area contributed by atoms with Crippen molar-refractivity contribution in [3.8, 4) is 0 Å². The zero-order valence-electron chi connectivity index (χ0n) is 21.0. The number of hydrogen-bond acceptors (Lipinski definition) is 4. The highest BCUT2D eigenvalue weighted by atomic mass is 16.6. The van der Waals surface area contributed by atoms with Gasteiger partial charge >= 0.3 is 5.97 Å². The highest BCUT2D eigenvalue weighted by molar-refractivity contribution is 5.94. The van der Waals surface area contributed by atoms with Gasteiger partial charge in [0.05, 0.1) is 0 Å². The van der Waals surface area contributed by atoms with Gasteiger partial charge in [-0.3, -0.25) is 9.59 Å². The Balaban J connectivity index is 1.31. The average molecular weight is 445 g/mol. The molecule has 0 radical (unpaired) electrons. The molecule has 4 heteroatoms. The van der Waals surface area contributed by atoms with E-state index < -0.39 is 5.60 Å². The van der Waals surface area contributed by atoms with Gasteiger partial charge in [0.15, 0.2) is 11.4 Å². The summed E-state index contributed by atoms with van der Waals surface area (Å²) in [5.74, 6) is 4.15. The van der Waals surface area contributed by atoms with Crippen LogP contribution in [0.1, 0.15) is 105 Å². The molecule has 1 aliphatic heterocycles. The van der Waals surface area contributed by atoms with Gasteiger partial charge in [-0.25, -0.2) is 0 Å². The van der Waals surface area contributed by atoms with Crippen molar-refractivity contribution in [1.29, 1.82) is 0 Å². The van der Waals surface area contributed by atoms with Crippen LogP contribution in [0.15, 0.2) is 0 Å². The molecule has 0 spiro atoms. The first-order valence-corrected chi connectivity index (χ1v) is 13.5. The Kier molecular flexibility index (Phi) is 5.59. The normalized spacial score (nSPS) is 47.8. The highest BCUT2D eigenvalue weighted by Crippen LogP contribution is 2.73. The zero-order chi connectivity index (χ0) is 22.9. The number of hydrogen-bond donors (Lipinski definition) is 0. The van der Waals surface area contributed by atoms with E-state index in [2.05, 4.69) is 27.7 Å². The predicted octanol–water partition coefficient (Wildman–Crippen LogP) is 6.10. The standard InChI is InChI=1S/C28H44O4/c1-17(2)7-6-8-18(3)22-9-10-23-21-15-25(30)28-16-20(31-19(4)29)11-14-27(28,32-28)24(21)12-13-26(22,23)5/h17-18,20-24H,6-16H2,1-5H3/t18-,20+,21+,22-,23+,24+,26-,27+,28-/m1/s1. The molecule has 180 valence electrons. The third-order valence-electron chi connectivity index (χ3n) is 10.8. The SMILES string of the molecule is CC(=O)O[C@H]1CC[C@@]23O[C@]2(C1)C(=O)C[C@H]1[C@@H]2CC[C@H]([C@H](C)CCCC(C)C)[C@@]2(C)CC[C@@H]13. The van der Waals surface area contributed by atoms with Gasteiger partial charge in [-0.2, -0.15) is 0 Å². The Bertz CT molecular complexity index is 775. The lowest BCUT2D eigenvalue weighted by Gasteiger charge is -2.54. The molecule has 4 nitrogen and oxygen atoms in total. The zero-order valence-corrected chi connectivity index (χ0v) is 21.0. The molecule has 0 unspecified atom stereocenters. The van der Waals surface area contributed by atoms with Gasteiger partial charge in [-0.1, -0.05) is 47.0 Å². The van der Waals surface area contributed by atoms with Crippen LogP contribution in [0, 0.1) is 40.9 Å². The fourth-order valence-electron chi connectivity index (χ4n) is 9.41. The summed E-state index contributed by atoms with van der Waals surface area (Å²) < 4.78 is 12.0. The topological polar surface area (TPSA) is 55.9 Å². The number of ether oxygens (including phenoxy) is 2. The minimum absolute atomic E-state index is 0.153. The summed E-state index contributed by atoms with van der Waals surface area (Å²) in [5, 5.41) is 0. The second kappa shape index (κ2) is 7.82. The molecule has 9 atom stereocenters. The smallest absolute Gasteiger partial charge is 0.302 e. The first-order chi connectivity index (χ1) is 15.1. The highest BCUT2D eigenvalue weighted by Gasteiger charge is 2.82. The third-order valence-corrected chi connectivity index (χ3v) is 10.8. The van der Waals surface area contributed by atoms with Crippen LogP contribution in [-0.4, -0.2) is 29.1 Å². The summed E-state index contributed by atoms with van der Waals surface area (Å²) in [6.45, 7) is 11.2. The van der Waals surface area contributed by atoms with E-state index in [0.717, 1.165) is 30.6 Å². The summed E-state index contributed by atoms with van der Waals surface area (Å²) in [4.78, 5) is 25.0. The number of Topliss-reactive ketones (excluding diaryl/α,β-unsaturated/α-hetero) is 1. The van der Waals surface area contributed by atoms with Crippen molar-refractivity contribution in [2.75, 3.05) is 0 Å². The molecule has 0 N–H and O–H groups in total. The minimum Gasteiger partial charge on any atom is -0.462 e. The summed E-state index contributed by atoms with van der Waals surface area (Å²) in [6, 6.07) is 0. The fourth-order valence-corrected chi connectivity index (χ4v) is 9.41. The van der Waals surface area contributed by atoms with Gasteiger partial charge in [0.2, 0.25) is 0 Å². The molecule has 5 aliphatic rings. The van der Waals surface area contributed by atoms with E-state index in [-0.39, 0.29) is 17.7 Å². The number of epoxide rings is 1. The summed E-state index contributed by atoms with van der Waals surface area (Å²) in [7, 11) is 0. The molecule has 0 aromatic heterocycles. The van der Waals surface area contributed by atoms with E-state index in [1.807, 2.05) is 0 Å². The average Bonchev–Trinajstić information content (AvgIpc) is 3.28. The molecule has 0 amide bonds. The monoisotopic (exact) mass is 444 g/mol. The largest absolute Gasteiger partial charge is 0.462 e. The number of fused-ring (bicyclic) bond motifs is 3. The van der Waals surface area contributed by atoms with Gasteiger partial charge in [-0.15, -0.1) is 0 Å². The van der Waals surface area contributed by atoms with E-state index in [1.54, 1.807) is 0 Å². The Labute approximate surface area is 194 Å². The molecule has 4 saturated carbocycles. The molecule has 0 bridgehead atoms. The molecule has 1 heterocycles. The molecular formula is C28H44O4. The number of carbonyl (C=O) groups excluding carboxylic acids is 2. The van der Waals surface area contributed by atoms with E-state index in [0.29, 0.717) is 41.8 Å². The molecule has 4 aliphatic carbocycles. The van der Waals surface area contributed by atoms with Gasteiger partial charge in [0, 0.05) is 19.8 Å².